The lowest BCUT2D eigenvalue weighted by Crippen LogP contribution is -2.62. The van der Waals surface area contributed by atoms with Crippen LogP contribution in [0.5, 0.6) is 0 Å². The highest BCUT2D eigenvalue weighted by atomic mass is 16.7. The minimum absolute atomic E-state index is 0.0432. The molecule has 0 aromatic rings. The molecule has 3 fully saturated rings. The molecule has 0 saturated carbocycles. The number of aliphatic hydroxyl groups excluding tert-OH is 2. The van der Waals surface area contributed by atoms with Crippen LogP contribution in [0.2, 0.25) is 0 Å². The maximum Gasteiger partial charge on any atom is 0.330 e. The fraction of sp³-hybridized carbons (Fsp3) is 0.750. The Labute approximate surface area is 322 Å². The molecule has 55 heavy (non-hydrogen) atoms. The molecule has 4 aliphatic heterocycles. The molecule has 0 unspecified atom stereocenters. The third-order valence-corrected chi connectivity index (χ3v) is 11.4. The Morgan fingerprint density at radius 2 is 1.60 bits per heavy atom. The summed E-state index contributed by atoms with van der Waals surface area (Å²) in [6.07, 6.45) is -2.30. The van der Waals surface area contributed by atoms with Crippen molar-refractivity contribution >= 4 is 23.9 Å². The maximum atomic E-state index is 13.3. The summed E-state index contributed by atoms with van der Waals surface area (Å²) >= 11 is 0. The van der Waals surface area contributed by atoms with Crippen molar-refractivity contribution in [1.29, 1.82) is 0 Å². The molecule has 4 heterocycles. The molecule has 15 nitrogen and oxygen atoms in total. The van der Waals surface area contributed by atoms with E-state index in [4.69, 9.17) is 33.2 Å². The number of rotatable bonds is 4. The molecule has 0 aliphatic carbocycles. The van der Waals surface area contributed by atoms with Crippen molar-refractivity contribution < 1.29 is 72.8 Å². The topological polar surface area (TPSA) is 214 Å². The van der Waals surface area contributed by atoms with Crippen molar-refractivity contribution in [2.24, 2.45) is 10.8 Å². The Hall–Kier alpha value is -3.18. The van der Waals surface area contributed by atoms with Crippen LogP contribution in [0.4, 0.5) is 0 Å². The van der Waals surface area contributed by atoms with Gasteiger partial charge in [-0.15, -0.1) is 0 Å². The lowest BCUT2D eigenvalue weighted by Gasteiger charge is -2.53. The molecule has 11 atom stereocenters. The highest BCUT2D eigenvalue weighted by molar-refractivity contribution is 5.83. The average molecular weight is 781 g/mol. The molecule has 4 rings (SSSR count). The molecule has 0 aromatic carbocycles. The molecular formula is C40H60O15. The SMILES string of the molecule is C/C=C1/C[C@H]2C[C@]3(O)O[C@H](C[C@@H](O)CC(=O)O[C@@H]([C@@H](C)O)C[C@@H]4C/C(=C\C(=O)OC)[C@H](OC(C)=O)[C@@](O)(O4)C(C)(C)/C=C/[C@@H](C1)O2)C[C@H](OC(C)=O)C3(C)C. The number of carbonyl (C=O) groups excluding carboxylic acids is 4. The van der Waals surface area contributed by atoms with Gasteiger partial charge in [-0.2, -0.15) is 0 Å². The van der Waals surface area contributed by atoms with Gasteiger partial charge < -0.3 is 53.6 Å². The zero-order valence-corrected chi connectivity index (χ0v) is 33.4. The van der Waals surface area contributed by atoms with Crippen LogP contribution in [0.3, 0.4) is 0 Å². The van der Waals surface area contributed by atoms with Crippen molar-refractivity contribution in [3.05, 3.63) is 35.5 Å². The molecule has 0 radical (unpaired) electrons. The van der Waals surface area contributed by atoms with E-state index in [0.717, 1.165) is 18.6 Å². The fourth-order valence-corrected chi connectivity index (χ4v) is 8.00. The predicted molar refractivity (Wildman–Crippen MR) is 194 cm³/mol. The average Bonchev–Trinajstić information content (AvgIpc) is 3.06. The van der Waals surface area contributed by atoms with Crippen molar-refractivity contribution in [3.8, 4) is 0 Å². The number of fused-ring (bicyclic) bond motifs is 6. The number of allylic oxidation sites excluding steroid dienone is 1. The van der Waals surface area contributed by atoms with E-state index < -0.39 is 108 Å². The fourth-order valence-electron chi connectivity index (χ4n) is 8.00. The van der Waals surface area contributed by atoms with E-state index in [2.05, 4.69) is 0 Å². The van der Waals surface area contributed by atoms with Gasteiger partial charge in [-0.05, 0) is 38.7 Å². The smallest absolute Gasteiger partial charge is 0.330 e. The summed E-state index contributed by atoms with van der Waals surface area (Å²) < 4.78 is 41.2. The Morgan fingerprint density at radius 3 is 2.20 bits per heavy atom. The number of carbonyl (C=O) groups is 4. The predicted octanol–water partition coefficient (Wildman–Crippen LogP) is 3.23. The molecule has 0 amide bonds. The Balaban J connectivity index is 1.84. The monoisotopic (exact) mass is 780 g/mol. The molecule has 6 bridgehead atoms. The lowest BCUT2D eigenvalue weighted by molar-refractivity contribution is -0.348. The quantitative estimate of drug-likeness (QED) is 0.140. The first-order valence-corrected chi connectivity index (χ1v) is 19.0. The lowest BCUT2D eigenvalue weighted by atomic mass is 9.70. The largest absolute Gasteiger partial charge is 0.466 e. The van der Waals surface area contributed by atoms with E-state index in [1.54, 1.807) is 39.8 Å². The molecule has 0 spiro atoms. The number of cyclic esters (lactones) is 1. The van der Waals surface area contributed by atoms with E-state index in [0.29, 0.717) is 12.8 Å². The second-order valence-corrected chi connectivity index (χ2v) is 16.5. The first-order valence-electron chi connectivity index (χ1n) is 19.0. The standard InChI is InChI=1S/C40H60O15/c1-10-25-13-28-11-12-37(5,6)40(48)36(51-24(4)43)26(16-34(45)49-9)15-29(55-40)19-32(22(2)41)53-35(46)18-27(44)17-30-20-33(50-23(3)42)38(7,8)39(47,54-30)21-31(14-25)52-28/h10-12,16,22,27-33,36,41,44,47-48H,13-15,17-21H2,1-9H3/b12-11+,25-10+,26-16+/t22-,27-,28+,29+,30-,31+,32-,33+,36+,39+,40-/m1/s1. The van der Waals surface area contributed by atoms with Crippen LogP contribution < -0.4 is 0 Å². The molecule has 15 heteroatoms. The van der Waals surface area contributed by atoms with Crippen molar-refractivity contribution in [2.75, 3.05) is 7.11 Å². The van der Waals surface area contributed by atoms with Gasteiger partial charge in [0.1, 0.15) is 12.2 Å². The second kappa shape index (κ2) is 17.5. The van der Waals surface area contributed by atoms with Crippen LogP contribution in [0, 0.1) is 10.8 Å². The summed E-state index contributed by atoms with van der Waals surface area (Å²) in [6.45, 7) is 12.5. The molecule has 310 valence electrons. The molecule has 4 N–H and O–H groups in total. The van der Waals surface area contributed by atoms with Gasteiger partial charge in [-0.3, -0.25) is 14.4 Å². The van der Waals surface area contributed by atoms with E-state index in [9.17, 15) is 39.6 Å². The number of esters is 4. The minimum atomic E-state index is -2.32. The zero-order chi connectivity index (χ0) is 41.1. The van der Waals surface area contributed by atoms with Gasteiger partial charge in [0.2, 0.25) is 5.79 Å². The summed E-state index contributed by atoms with van der Waals surface area (Å²) in [7, 11) is 1.18. The summed E-state index contributed by atoms with van der Waals surface area (Å²) in [4.78, 5) is 50.5. The Kier molecular flexibility index (Phi) is 14.2. The number of ether oxygens (including phenoxy) is 7. The first kappa shape index (κ1) is 44.5. The van der Waals surface area contributed by atoms with Gasteiger partial charge in [-0.1, -0.05) is 51.5 Å². The second-order valence-electron chi connectivity index (χ2n) is 16.5. The van der Waals surface area contributed by atoms with Crippen LogP contribution in [-0.4, -0.2) is 118 Å². The Morgan fingerprint density at radius 1 is 0.927 bits per heavy atom. The third kappa shape index (κ3) is 10.4. The Bertz CT molecular complexity index is 1510. The van der Waals surface area contributed by atoms with Gasteiger partial charge in [0, 0.05) is 51.0 Å². The van der Waals surface area contributed by atoms with E-state index >= 15 is 0 Å². The van der Waals surface area contributed by atoms with Crippen LogP contribution in [0.25, 0.3) is 0 Å². The maximum absolute atomic E-state index is 13.3. The van der Waals surface area contributed by atoms with Crippen LogP contribution in [-0.2, 0) is 52.3 Å². The number of hydrogen-bond donors (Lipinski definition) is 4. The van der Waals surface area contributed by atoms with Crippen molar-refractivity contribution in [1.82, 2.24) is 0 Å². The van der Waals surface area contributed by atoms with Gasteiger partial charge in [0.25, 0.3) is 0 Å². The van der Waals surface area contributed by atoms with Crippen LogP contribution in [0.1, 0.15) is 107 Å². The first-order chi connectivity index (χ1) is 25.5. The number of aliphatic hydroxyl groups is 4. The summed E-state index contributed by atoms with van der Waals surface area (Å²) in [5.41, 5.74) is -1.30. The molecular weight excluding hydrogens is 720 g/mol. The van der Waals surface area contributed by atoms with E-state index in [-0.39, 0.29) is 37.7 Å². The molecule has 3 saturated heterocycles. The van der Waals surface area contributed by atoms with E-state index in [1.165, 1.54) is 21.0 Å². The molecule has 4 aliphatic rings. The van der Waals surface area contributed by atoms with Gasteiger partial charge >= 0.3 is 23.9 Å². The van der Waals surface area contributed by atoms with Gasteiger partial charge in [-0.25, -0.2) is 4.79 Å². The zero-order valence-electron chi connectivity index (χ0n) is 33.4. The van der Waals surface area contributed by atoms with Gasteiger partial charge in [0.15, 0.2) is 11.9 Å². The summed E-state index contributed by atoms with van der Waals surface area (Å²) in [5, 5.41) is 46.8. The highest BCUT2D eigenvalue weighted by Gasteiger charge is 2.59. The summed E-state index contributed by atoms with van der Waals surface area (Å²) in [6, 6.07) is 0. The summed E-state index contributed by atoms with van der Waals surface area (Å²) in [5.74, 6) is -7.16. The van der Waals surface area contributed by atoms with Crippen LogP contribution >= 0.6 is 0 Å². The van der Waals surface area contributed by atoms with E-state index in [1.807, 2.05) is 13.0 Å². The minimum Gasteiger partial charge on any atom is -0.466 e. The number of methoxy groups -OCH3 is 1. The van der Waals surface area contributed by atoms with Gasteiger partial charge in [0.05, 0.1) is 55.6 Å². The van der Waals surface area contributed by atoms with Crippen molar-refractivity contribution in [2.45, 2.75) is 173 Å². The normalized spacial score (nSPS) is 39.5. The molecule has 0 aromatic heterocycles. The third-order valence-electron chi connectivity index (χ3n) is 11.4. The van der Waals surface area contributed by atoms with Crippen LogP contribution in [0.15, 0.2) is 35.5 Å². The number of hydrogen-bond acceptors (Lipinski definition) is 15. The van der Waals surface area contributed by atoms with Crippen molar-refractivity contribution in [3.63, 3.8) is 0 Å². The highest BCUT2D eigenvalue weighted by Crippen LogP contribution is 2.50.